The third kappa shape index (κ3) is 3.83. The van der Waals surface area contributed by atoms with Crippen LogP contribution >= 0.6 is 0 Å². The number of aromatic nitrogens is 4. The lowest BCUT2D eigenvalue weighted by molar-refractivity contribution is 0.0954. The number of amides is 1. The molecule has 0 atom stereocenters. The van der Waals surface area contributed by atoms with E-state index in [4.69, 9.17) is 0 Å². The highest BCUT2D eigenvalue weighted by Crippen LogP contribution is 2.19. The standard InChI is InChI=1S/C17H21N5O/c1-13-19-20-21-22(13)16-9-5-8-15(12-16)17(23)18-11-10-14-6-3-2-4-7-14/h5-6,8-9,12H,2-4,7,10-11H2,1H3,(H,18,23). The highest BCUT2D eigenvalue weighted by Gasteiger charge is 2.10. The van der Waals surface area contributed by atoms with E-state index in [1.54, 1.807) is 16.8 Å². The average Bonchev–Trinajstić information content (AvgIpc) is 3.02. The van der Waals surface area contributed by atoms with Gasteiger partial charge in [-0.3, -0.25) is 4.79 Å². The third-order valence-electron chi connectivity index (χ3n) is 4.10. The largest absolute Gasteiger partial charge is 0.352 e. The second-order valence-corrected chi connectivity index (χ2v) is 5.80. The van der Waals surface area contributed by atoms with E-state index >= 15 is 0 Å². The van der Waals surface area contributed by atoms with Crippen molar-refractivity contribution in [2.75, 3.05) is 6.54 Å². The number of aryl methyl sites for hydroxylation is 1. The van der Waals surface area contributed by atoms with Gasteiger partial charge in [-0.2, -0.15) is 4.68 Å². The normalized spacial score (nSPS) is 14.4. The molecule has 0 radical (unpaired) electrons. The van der Waals surface area contributed by atoms with Gasteiger partial charge in [0.25, 0.3) is 5.91 Å². The van der Waals surface area contributed by atoms with Gasteiger partial charge < -0.3 is 5.32 Å². The number of tetrazole rings is 1. The number of benzene rings is 1. The van der Waals surface area contributed by atoms with E-state index in [0.29, 0.717) is 17.9 Å². The summed E-state index contributed by atoms with van der Waals surface area (Å²) in [7, 11) is 0. The molecule has 0 unspecified atom stereocenters. The Balaban J connectivity index is 1.61. The summed E-state index contributed by atoms with van der Waals surface area (Å²) in [4.78, 5) is 12.3. The molecular formula is C17H21N5O. The van der Waals surface area contributed by atoms with E-state index in [2.05, 4.69) is 26.9 Å². The van der Waals surface area contributed by atoms with E-state index in [1.165, 1.54) is 31.3 Å². The van der Waals surface area contributed by atoms with Crippen LogP contribution in [0.25, 0.3) is 5.69 Å². The Morgan fingerprint density at radius 1 is 1.35 bits per heavy atom. The molecule has 0 saturated carbocycles. The summed E-state index contributed by atoms with van der Waals surface area (Å²) in [5, 5.41) is 14.4. The van der Waals surface area contributed by atoms with E-state index in [-0.39, 0.29) is 5.91 Å². The van der Waals surface area contributed by atoms with Crippen molar-refractivity contribution in [1.82, 2.24) is 25.5 Å². The molecule has 120 valence electrons. The summed E-state index contributed by atoms with van der Waals surface area (Å²) in [6.07, 6.45) is 8.17. The van der Waals surface area contributed by atoms with Crippen LogP contribution in [0.5, 0.6) is 0 Å². The van der Waals surface area contributed by atoms with Crippen LogP contribution in [0.3, 0.4) is 0 Å². The van der Waals surface area contributed by atoms with Gasteiger partial charge in [-0.1, -0.05) is 17.7 Å². The first kappa shape index (κ1) is 15.4. The predicted octanol–water partition coefficient (Wildman–Crippen LogP) is 2.59. The summed E-state index contributed by atoms with van der Waals surface area (Å²) < 4.78 is 1.61. The molecular weight excluding hydrogens is 290 g/mol. The first-order chi connectivity index (χ1) is 11.2. The molecule has 23 heavy (non-hydrogen) atoms. The van der Waals surface area contributed by atoms with Crippen LogP contribution in [0, 0.1) is 6.92 Å². The molecule has 1 amide bonds. The van der Waals surface area contributed by atoms with Gasteiger partial charge in [-0.05, 0) is 67.7 Å². The number of hydrogen-bond donors (Lipinski definition) is 1. The molecule has 0 aliphatic heterocycles. The summed E-state index contributed by atoms with van der Waals surface area (Å²) in [6, 6.07) is 7.33. The van der Waals surface area contributed by atoms with Crippen LogP contribution < -0.4 is 5.32 Å². The van der Waals surface area contributed by atoms with Crippen LogP contribution in [-0.2, 0) is 0 Å². The van der Waals surface area contributed by atoms with E-state index in [9.17, 15) is 4.79 Å². The van der Waals surface area contributed by atoms with Gasteiger partial charge in [0, 0.05) is 12.1 Å². The lowest BCUT2D eigenvalue weighted by Crippen LogP contribution is -2.25. The molecule has 6 heteroatoms. The van der Waals surface area contributed by atoms with Crippen molar-refractivity contribution in [3.05, 3.63) is 47.3 Å². The predicted molar refractivity (Wildman–Crippen MR) is 87.4 cm³/mol. The molecule has 0 spiro atoms. The molecule has 1 aliphatic carbocycles. The van der Waals surface area contributed by atoms with Crippen molar-refractivity contribution in [3.8, 4) is 5.69 Å². The van der Waals surface area contributed by atoms with Gasteiger partial charge in [0.1, 0.15) is 0 Å². The highest BCUT2D eigenvalue weighted by atomic mass is 16.1. The number of allylic oxidation sites excluding steroid dienone is 1. The van der Waals surface area contributed by atoms with Gasteiger partial charge in [0.2, 0.25) is 0 Å². The fourth-order valence-electron chi connectivity index (χ4n) is 2.82. The summed E-state index contributed by atoms with van der Waals surface area (Å²) in [5.74, 6) is 0.626. The third-order valence-corrected chi connectivity index (χ3v) is 4.10. The Morgan fingerprint density at radius 2 is 2.26 bits per heavy atom. The van der Waals surface area contributed by atoms with E-state index in [0.717, 1.165) is 12.1 Å². The molecule has 2 aromatic rings. The summed E-state index contributed by atoms with van der Waals surface area (Å²) >= 11 is 0. The minimum Gasteiger partial charge on any atom is -0.352 e. The maximum Gasteiger partial charge on any atom is 0.251 e. The highest BCUT2D eigenvalue weighted by molar-refractivity contribution is 5.94. The zero-order chi connectivity index (χ0) is 16.1. The monoisotopic (exact) mass is 311 g/mol. The van der Waals surface area contributed by atoms with Gasteiger partial charge in [0.15, 0.2) is 5.82 Å². The summed E-state index contributed by atoms with van der Waals surface area (Å²) in [5.41, 5.74) is 2.87. The SMILES string of the molecule is Cc1nnnn1-c1cccc(C(=O)NCCC2=CCCCC2)c1. The number of nitrogens with one attached hydrogen (secondary N) is 1. The summed E-state index contributed by atoms with van der Waals surface area (Å²) in [6.45, 7) is 2.50. The number of carbonyl (C=O) groups excluding carboxylic acids is 1. The number of nitrogens with zero attached hydrogens (tertiary/aromatic N) is 4. The van der Waals surface area contributed by atoms with Crippen molar-refractivity contribution in [2.45, 2.75) is 39.0 Å². The molecule has 0 bridgehead atoms. The minimum absolute atomic E-state index is 0.0611. The molecule has 6 nitrogen and oxygen atoms in total. The number of rotatable bonds is 5. The van der Waals surface area contributed by atoms with Crippen molar-refractivity contribution in [1.29, 1.82) is 0 Å². The number of carbonyl (C=O) groups is 1. The minimum atomic E-state index is -0.0611. The fraction of sp³-hybridized carbons (Fsp3) is 0.412. The van der Waals surface area contributed by atoms with Crippen molar-refractivity contribution in [2.24, 2.45) is 0 Å². The average molecular weight is 311 g/mol. The molecule has 1 aliphatic rings. The Labute approximate surface area is 135 Å². The van der Waals surface area contributed by atoms with E-state index < -0.39 is 0 Å². The maximum atomic E-state index is 12.3. The van der Waals surface area contributed by atoms with Crippen molar-refractivity contribution < 1.29 is 4.79 Å². The Bertz CT molecular complexity index is 719. The van der Waals surface area contributed by atoms with Crippen molar-refractivity contribution in [3.63, 3.8) is 0 Å². The van der Waals surface area contributed by atoms with Gasteiger partial charge in [0.05, 0.1) is 5.69 Å². The van der Waals surface area contributed by atoms with Crippen LogP contribution in [0.4, 0.5) is 0 Å². The first-order valence-electron chi connectivity index (χ1n) is 8.05. The Kier molecular flexibility index (Phi) is 4.80. The topological polar surface area (TPSA) is 72.7 Å². The Morgan fingerprint density at radius 3 is 3.00 bits per heavy atom. The smallest absolute Gasteiger partial charge is 0.251 e. The van der Waals surface area contributed by atoms with Gasteiger partial charge >= 0.3 is 0 Å². The molecule has 1 aromatic carbocycles. The van der Waals surface area contributed by atoms with Crippen LogP contribution in [-0.4, -0.2) is 32.7 Å². The van der Waals surface area contributed by atoms with Crippen LogP contribution in [0.15, 0.2) is 35.9 Å². The van der Waals surface area contributed by atoms with Crippen LogP contribution in [0.2, 0.25) is 0 Å². The van der Waals surface area contributed by atoms with Gasteiger partial charge in [-0.15, -0.1) is 5.10 Å². The van der Waals surface area contributed by atoms with Gasteiger partial charge in [-0.25, -0.2) is 0 Å². The van der Waals surface area contributed by atoms with E-state index in [1.807, 2.05) is 19.1 Å². The maximum absolute atomic E-state index is 12.3. The van der Waals surface area contributed by atoms with Crippen LogP contribution in [0.1, 0.15) is 48.3 Å². The van der Waals surface area contributed by atoms with Crippen molar-refractivity contribution >= 4 is 5.91 Å². The fourth-order valence-corrected chi connectivity index (χ4v) is 2.82. The zero-order valence-electron chi connectivity index (χ0n) is 13.3. The lowest BCUT2D eigenvalue weighted by Gasteiger charge is -2.13. The lowest BCUT2D eigenvalue weighted by atomic mass is 9.97. The molecule has 1 aromatic heterocycles. The molecule has 1 N–H and O–H groups in total. The molecule has 1 heterocycles. The number of hydrogen-bond acceptors (Lipinski definition) is 4. The second-order valence-electron chi connectivity index (χ2n) is 5.80. The molecule has 3 rings (SSSR count). The molecule has 0 fully saturated rings. The Hall–Kier alpha value is -2.50. The first-order valence-corrected chi connectivity index (χ1v) is 8.05. The molecule has 0 saturated heterocycles. The second kappa shape index (κ2) is 7.17. The quantitative estimate of drug-likeness (QED) is 0.861. The zero-order valence-corrected chi connectivity index (χ0v) is 13.3.